The summed E-state index contributed by atoms with van der Waals surface area (Å²) in [5.74, 6) is -0.628. The molecule has 0 atom stereocenters. The van der Waals surface area contributed by atoms with Crippen molar-refractivity contribution >= 4 is 34.8 Å². The summed E-state index contributed by atoms with van der Waals surface area (Å²) in [6, 6.07) is 14.5. The molecule has 0 aliphatic heterocycles. The molecule has 3 rings (SSSR count). The summed E-state index contributed by atoms with van der Waals surface area (Å²) in [6.07, 6.45) is 2.87. The number of carbonyl (C=O) groups excluding carboxylic acids is 2. The zero-order valence-electron chi connectivity index (χ0n) is 15.9. The molecule has 3 aromatic rings. The molecule has 0 radical (unpaired) electrons. The van der Waals surface area contributed by atoms with Crippen LogP contribution in [0.3, 0.4) is 0 Å². The number of hydrogen-bond donors (Lipinski definition) is 1. The fraction of sp³-hybridized carbons (Fsp3) is 0.136. The zero-order chi connectivity index (χ0) is 20.3. The second-order valence-corrected chi connectivity index (χ2v) is 6.96. The molecule has 0 saturated carbocycles. The maximum absolute atomic E-state index is 12.8. The highest BCUT2D eigenvalue weighted by molar-refractivity contribution is 6.34. The molecule has 0 aliphatic carbocycles. The molecule has 2 aromatic carbocycles. The topological polar surface area (TPSA) is 62.3 Å². The third kappa shape index (κ3) is 4.21. The van der Waals surface area contributed by atoms with Crippen molar-refractivity contribution < 1.29 is 9.59 Å². The Balaban J connectivity index is 1.83. The minimum absolute atomic E-state index is 0.252. The van der Waals surface area contributed by atoms with Crippen LogP contribution in [0, 0.1) is 13.8 Å². The second kappa shape index (κ2) is 8.23. The Hall–Kier alpha value is -3.18. The molecule has 5 nitrogen and oxygen atoms in total. The van der Waals surface area contributed by atoms with Gasteiger partial charge in [0.05, 0.1) is 21.8 Å². The van der Waals surface area contributed by atoms with E-state index in [1.807, 2.05) is 50.2 Å². The molecule has 0 bridgehead atoms. The number of nitrogens with zero attached hydrogens (tertiary/aromatic N) is 2. The fourth-order valence-electron chi connectivity index (χ4n) is 2.90. The molecule has 142 valence electrons. The monoisotopic (exact) mass is 393 g/mol. The number of nitrogens with one attached hydrogen (secondary N) is 1. The van der Waals surface area contributed by atoms with Crippen molar-refractivity contribution in [1.82, 2.24) is 4.98 Å². The zero-order valence-corrected chi connectivity index (χ0v) is 16.6. The van der Waals surface area contributed by atoms with E-state index in [1.165, 1.54) is 23.4 Å². The van der Waals surface area contributed by atoms with Gasteiger partial charge in [-0.25, -0.2) is 0 Å². The van der Waals surface area contributed by atoms with Gasteiger partial charge in [-0.3, -0.25) is 14.6 Å². The largest absolute Gasteiger partial charge is 0.320 e. The summed E-state index contributed by atoms with van der Waals surface area (Å²) in [6.45, 7) is 3.81. The SMILES string of the molecule is Cc1cc(C)c(NC(=O)c2cncc(C(=O)N(C)c3ccccc3)c2)c(Cl)c1. The molecule has 28 heavy (non-hydrogen) atoms. The average Bonchev–Trinajstić information content (AvgIpc) is 2.70. The lowest BCUT2D eigenvalue weighted by atomic mass is 10.1. The van der Waals surface area contributed by atoms with Crippen molar-refractivity contribution in [3.63, 3.8) is 0 Å². The first-order chi connectivity index (χ1) is 13.4. The molecule has 0 saturated heterocycles. The number of pyridine rings is 1. The average molecular weight is 394 g/mol. The molecule has 0 unspecified atom stereocenters. The summed E-state index contributed by atoms with van der Waals surface area (Å²) >= 11 is 6.27. The van der Waals surface area contributed by atoms with E-state index in [9.17, 15) is 9.59 Å². The van der Waals surface area contributed by atoms with E-state index in [0.717, 1.165) is 16.8 Å². The Morgan fingerprint density at radius 2 is 1.68 bits per heavy atom. The van der Waals surface area contributed by atoms with E-state index in [2.05, 4.69) is 10.3 Å². The molecule has 1 heterocycles. The van der Waals surface area contributed by atoms with Gasteiger partial charge in [0.2, 0.25) is 0 Å². The number of aromatic nitrogens is 1. The number of amides is 2. The minimum Gasteiger partial charge on any atom is -0.320 e. The van der Waals surface area contributed by atoms with Crippen molar-refractivity contribution in [3.8, 4) is 0 Å². The van der Waals surface area contributed by atoms with Crippen molar-refractivity contribution in [2.24, 2.45) is 0 Å². The van der Waals surface area contributed by atoms with Crippen LogP contribution in [0.25, 0.3) is 0 Å². The maximum atomic E-state index is 12.8. The lowest BCUT2D eigenvalue weighted by Crippen LogP contribution is -2.26. The van der Waals surface area contributed by atoms with Crippen molar-refractivity contribution in [2.75, 3.05) is 17.3 Å². The van der Waals surface area contributed by atoms with Crippen LogP contribution < -0.4 is 10.2 Å². The van der Waals surface area contributed by atoms with Crippen LogP contribution in [-0.4, -0.2) is 23.8 Å². The molecule has 1 N–H and O–H groups in total. The minimum atomic E-state index is -0.377. The molecule has 1 aromatic heterocycles. The van der Waals surface area contributed by atoms with Gasteiger partial charge in [-0.2, -0.15) is 0 Å². The molecule has 6 heteroatoms. The van der Waals surface area contributed by atoms with Gasteiger partial charge < -0.3 is 10.2 Å². The summed E-state index contributed by atoms with van der Waals surface area (Å²) in [7, 11) is 1.68. The van der Waals surface area contributed by atoms with Crippen LogP contribution >= 0.6 is 11.6 Å². The number of anilines is 2. The van der Waals surface area contributed by atoms with Crippen LogP contribution in [0.1, 0.15) is 31.8 Å². The first-order valence-electron chi connectivity index (χ1n) is 8.73. The van der Waals surface area contributed by atoms with Crippen LogP contribution in [0.4, 0.5) is 11.4 Å². The van der Waals surface area contributed by atoms with Gasteiger partial charge in [-0.05, 0) is 49.2 Å². The first kappa shape index (κ1) is 19.6. The van der Waals surface area contributed by atoms with Crippen molar-refractivity contribution in [3.05, 3.63) is 88.2 Å². The molecule has 2 amide bonds. The number of benzene rings is 2. The highest BCUT2D eigenvalue weighted by Gasteiger charge is 2.17. The van der Waals surface area contributed by atoms with Crippen LogP contribution in [0.2, 0.25) is 5.02 Å². The third-order valence-electron chi connectivity index (χ3n) is 4.37. The third-order valence-corrected chi connectivity index (χ3v) is 4.66. The Labute approximate surface area is 169 Å². The Morgan fingerprint density at radius 3 is 2.36 bits per heavy atom. The summed E-state index contributed by atoms with van der Waals surface area (Å²) in [5.41, 5.74) is 3.79. The lowest BCUT2D eigenvalue weighted by molar-refractivity contribution is 0.0992. The van der Waals surface area contributed by atoms with Gasteiger partial charge in [-0.1, -0.05) is 35.9 Å². The molecular formula is C22H20ClN3O2. The number of carbonyl (C=O) groups is 2. The van der Waals surface area contributed by atoms with E-state index >= 15 is 0 Å². The van der Waals surface area contributed by atoms with Gasteiger partial charge >= 0.3 is 0 Å². The van der Waals surface area contributed by atoms with Crippen molar-refractivity contribution in [1.29, 1.82) is 0 Å². The second-order valence-electron chi connectivity index (χ2n) is 6.55. The lowest BCUT2D eigenvalue weighted by Gasteiger charge is -2.17. The van der Waals surface area contributed by atoms with Crippen LogP contribution in [0.15, 0.2) is 60.9 Å². The normalized spacial score (nSPS) is 10.4. The van der Waals surface area contributed by atoms with E-state index in [0.29, 0.717) is 16.3 Å². The number of para-hydroxylation sites is 1. The maximum Gasteiger partial charge on any atom is 0.259 e. The van der Waals surface area contributed by atoms with Crippen LogP contribution in [0.5, 0.6) is 0 Å². The standard InChI is InChI=1S/C22H20ClN3O2/c1-14-9-15(2)20(19(23)10-14)25-21(27)16-11-17(13-24-12-16)22(28)26(3)18-7-5-4-6-8-18/h4-13H,1-3H3,(H,25,27). The summed E-state index contributed by atoms with van der Waals surface area (Å²) < 4.78 is 0. The van der Waals surface area contributed by atoms with Gasteiger partial charge in [0.15, 0.2) is 0 Å². The number of rotatable bonds is 4. The number of halogens is 1. The smallest absolute Gasteiger partial charge is 0.259 e. The van der Waals surface area contributed by atoms with Gasteiger partial charge in [-0.15, -0.1) is 0 Å². The van der Waals surface area contributed by atoms with Crippen LogP contribution in [-0.2, 0) is 0 Å². The highest BCUT2D eigenvalue weighted by atomic mass is 35.5. The van der Waals surface area contributed by atoms with Gasteiger partial charge in [0, 0.05) is 25.1 Å². The molecule has 0 spiro atoms. The number of hydrogen-bond acceptors (Lipinski definition) is 3. The predicted octanol–water partition coefficient (Wildman–Crippen LogP) is 4.88. The Kier molecular flexibility index (Phi) is 5.76. The van der Waals surface area contributed by atoms with E-state index in [4.69, 9.17) is 11.6 Å². The van der Waals surface area contributed by atoms with E-state index < -0.39 is 0 Å². The quantitative estimate of drug-likeness (QED) is 0.687. The molecule has 0 aliphatic rings. The summed E-state index contributed by atoms with van der Waals surface area (Å²) in [4.78, 5) is 31.0. The number of aryl methyl sites for hydroxylation is 2. The molecule has 0 fully saturated rings. The van der Waals surface area contributed by atoms with Gasteiger partial charge in [0.1, 0.15) is 0 Å². The van der Waals surface area contributed by atoms with E-state index in [1.54, 1.807) is 13.1 Å². The Bertz CT molecular complexity index is 1010. The summed E-state index contributed by atoms with van der Waals surface area (Å²) in [5, 5.41) is 3.28. The highest BCUT2D eigenvalue weighted by Crippen LogP contribution is 2.28. The molecular weight excluding hydrogens is 374 g/mol. The fourth-order valence-corrected chi connectivity index (χ4v) is 3.27. The van der Waals surface area contributed by atoms with Crippen molar-refractivity contribution in [2.45, 2.75) is 13.8 Å². The first-order valence-corrected chi connectivity index (χ1v) is 9.11. The predicted molar refractivity (Wildman–Crippen MR) is 112 cm³/mol. The van der Waals surface area contributed by atoms with Gasteiger partial charge in [0.25, 0.3) is 11.8 Å². The van der Waals surface area contributed by atoms with E-state index in [-0.39, 0.29) is 17.4 Å². The Morgan fingerprint density at radius 1 is 1.00 bits per heavy atom.